The highest BCUT2D eigenvalue weighted by Gasteiger charge is 2.16. The van der Waals surface area contributed by atoms with E-state index < -0.39 is 4.92 Å². The summed E-state index contributed by atoms with van der Waals surface area (Å²) < 4.78 is 0. The SMILES string of the molecule is Nc1ccc(C(=O)NCc2ccc3ccc4cccc5ccc2c3c45)cc1[N+](=O)[O-]. The molecule has 0 spiro atoms. The predicted molar refractivity (Wildman–Crippen MR) is 119 cm³/mol. The van der Waals surface area contributed by atoms with E-state index in [4.69, 9.17) is 5.73 Å². The van der Waals surface area contributed by atoms with Crippen LogP contribution in [0.2, 0.25) is 0 Å². The topological polar surface area (TPSA) is 98.3 Å². The van der Waals surface area contributed by atoms with Crippen molar-refractivity contribution in [2.45, 2.75) is 6.54 Å². The van der Waals surface area contributed by atoms with Crippen molar-refractivity contribution < 1.29 is 9.72 Å². The molecule has 0 saturated heterocycles. The van der Waals surface area contributed by atoms with Gasteiger partial charge < -0.3 is 11.1 Å². The maximum absolute atomic E-state index is 12.6. The maximum Gasteiger partial charge on any atom is 0.292 e. The largest absolute Gasteiger partial charge is 0.393 e. The molecule has 5 aromatic carbocycles. The summed E-state index contributed by atoms with van der Waals surface area (Å²) in [5.74, 6) is -0.385. The van der Waals surface area contributed by atoms with E-state index in [1.165, 1.54) is 39.7 Å². The monoisotopic (exact) mass is 395 g/mol. The van der Waals surface area contributed by atoms with Crippen molar-refractivity contribution >= 4 is 49.6 Å². The lowest BCUT2D eigenvalue weighted by atomic mass is 9.92. The highest BCUT2D eigenvalue weighted by molar-refractivity contribution is 6.23. The van der Waals surface area contributed by atoms with Gasteiger partial charge in [0.25, 0.3) is 11.6 Å². The van der Waals surface area contributed by atoms with Crippen LogP contribution in [0.1, 0.15) is 15.9 Å². The molecule has 146 valence electrons. The number of nitrogens with two attached hydrogens (primary N) is 1. The Balaban J connectivity index is 1.51. The quantitative estimate of drug-likeness (QED) is 0.193. The third kappa shape index (κ3) is 2.78. The summed E-state index contributed by atoms with van der Waals surface area (Å²) in [6.45, 7) is 0.311. The van der Waals surface area contributed by atoms with E-state index in [0.29, 0.717) is 6.54 Å². The average molecular weight is 395 g/mol. The number of benzene rings is 5. The van der Waals surface area contributed by atoms with Crippen molar-refractivity contribution in [1.29, 1.82) is 0 Å². The third-order valence-electron chi connectivity index (χ3n) is 5.55. The Morgan fingerprint density at radius 3 is 2.30 bits per heavy atom. The lowest BCUT2D eigenvalue weighted by Crippen LogP contribution is -2.23. The molecule has 0 aliphatic heterocycles. The normalized spacial score (nSPS) is 11.3. The molecule has 0 radical (unpaired) electrons. The smallest absolute Gasteiger partial charge is 0.292 e. The number of nitro groups is 1. The van der Waals surface area contributed by atoms with Crippen molar-refractivity contribution in [3.05, 3.63) is 94.0 Å². The number of anilines is 1. The van der Waals surface area contributed by atoms with Crippen LogP contribution >= 0.6 is 0 Å². The Labute approximate surface area is 171 Å². The Morgan fingerprint density at radius 1 is 0.900 bits per heavy atom. The lowest BCUT2D eigenvalue weighted by molar-refractivity contribution is -0.383. The first-order chi connectivity index (χ1) is 14.5. The molecule has 1 amide bonds. The third-order valence-corrected chi connectivity index (χ3v) is 5.55. The number of carbonyl (C=O) groups excluding carboxylic acids is 1. The number of nitro benzene ring substituents is 1. The predicted octanol–water partition coefficient (Wildman–Crippen LogP) is 5.00. The van der Waals surface area contributed by atoms with E-state index in [1.807, 2.05) is 6.07 Å². The minimum atomic E-state index is -0.590. The molecule has 6 nitrogen and oxygen atoms in total. The van der Waals surface area contributed by atoms with Crippen LogP contribution < -0.4 is 11.1 Å². The van der Waals surface area contributed by atoms with Gasteiger partial charge in [-0.1, -0.05) is 54.6 Å². The van der Waals surface area contributed by atoms with E-state index in [9.17, 15) is 14.9 Å². The molecule has 30 heavy (non-hydrogen) atoms. The van der Waals surface area contributed by atoms with Gasteiger partial charge in [-0.3, -0.25) is 14.9 Å². The van der Waals surface area contributed by atoms with Gasteiger partial charge in [0.2, 0.25) is 0 Å². The number of nitrogens with one attached hydrogen (secondary N) is 1. The summed E-state index contributed by atoms with van der Waals surface area (Å²) >= 11 is 0. The Hall–Kier alpha value is -4.19. The number of nitrogens with zero attached hydrogens (tertiary/aromatic N) is 1. The fourth-order valence-corrected chi connectivity index (χ4v) is 4.07. The van der Waals surface area contributed by atoms with Crippen LogP contribution in [0.4, 0.5) is 11.4 Å². The van der Waals surface area contributed by atoms with Gasteiger partial charge in [-0.05, 0) is 50.0 Å². The molecule has 5 rings (SSSR count). The Morgan fingerprint density at radius 2 is 1.57 bits per heavy atom. The van der Waals surface area contributed by atoms with Crippen LogP contribution in [-0.2, 0) is 6.54 Å². The second-order valence-corrected chi connectivity index (χ2v) is 7.29. The van der Waals surface area contributed by atoms with Crippen molar-refractivity contribution in [3.63, 3.8) is 0 Å². The summed E-state index contributed by atoms with van der Waals surface area (Å²) in [5.41, 5.74) is 6.56. The van der Waals surface area contributed by atoms with Crippen molar-refractivity contribution in [1.82, 2.24) is 5.32 Å². The number of hydrogen-bond acceptors (Lipinski definition) is 4. The molecule has 0 aliphatic rings. The minimum absolute atomic E-state index is 0.0309. The second-order valence-electron chi connectivity index (χ2n) is 7.29. The number of carbonyl (C=O) groups is 1. The highest BCUT2D eigenvalue weighted by atomic mass is 16.6. The fourth-order valence-electron chi connectivity index (χ4n) is 4.07. The summed E-state index contributed by atoms with van der Waals surface area (Å²) in [7, 11) is 0. The van der Waals surface area contributed by atoms with Gasteiger partial charge in [0.15, 0.2) is 0 Å². The second kappa shape index (κ2) is 6.70. The molecular formula is C24H17N3O3. The number of nitrogen functional groups attached to an aromatic ring is 1. The van der Waals surface area contributed by atoms with Crippen LogP contribution in [-0.4, -0.2) is 10.8 Å². The van der Waals surface area contributed by atoms with E-state index in [-0.39, 0.29) is 22.8 Å². The van der Waals surface area contributed by atoms with E-state index in [2.05, 4.69) is 53.8 Å². The van der Waals surface area contributed by atoms with E-state index in [1.54, 1.807) is 0 Å². The molecule has 5 aromatic rings. The standard InChI is InChI=1S/C24H17N3O3/c25-20-11-9-17(12-21(20)27(29)30)24(28)26-13-18-7-6-16-5-4-14-2-1-3-15-8-10-19(18)23(16)22(14)15/h1-12H,13,25H2,(H,26,28). The van der Waals surface area contributed by atoms with Gasteiger partial charge in [-0.2, -0.15) is 0 Å². The van der Waals surface area contributed by atoms with Gasteiger partial charge in [-0.25, -0.2) is 0 Å². The maximum atomic E-state index is 12.6. The number of amides is 1. The molecule has 6 heteroatoms. The van der Waals surface area contributed by atoms with Crippen LogP contribution in [0.15, 0.2) is 72.8 Å². The zero-order valence-corrected chi connectivity index (χ0v) is 15.9. The van der Waals surface area contributed by atoms with E-state index >= 15 is 0 Å². The molecule has 0 unspecified atom stereocenters. The molecular weight excluding hydrogens is 378 g/mol. The average Bonchev–Trinajstić information content (AvgIpc) is 2.76. The summed E-state index contributed by atoms with van der Waals surface area (Å²) in [5, 5.41) is 21.0. The highest BCUT2D eigenvalue weighted by Crippen LogP contribution is 2.35. The molecule has 0 aliphatic carbocycles. The number of rotatable bonds is 4. The van der Waals surface area contributed by atoms with Gasteiger partial charge in [-0.15, -0.1) is 0 Å². The first kappa shape index (κ1) is 17.9. The molecule has 0 bridgehead atoms. The van der Waals surface area contributed by atoms with Crippen LogP contribution in [0.5, 0.6) is 0 Å². The molecule has 0 saturated carbocycles. The lowest BCUT2D eigenvalue weighted by Gasteiger charge is -2.14. The zero-order valence-electron chi connectivity index (χ0n) is 15.9. The Kier molecular flexibility index (Phi) is 3.99. The Bertz CT molecular complexity index is 1440. The van der Waals surface area contributed by atoms with Crippen molar-refractivity contribution in [2.24, 2.45) is 0 Å². The first-order valence-electron chi connectivity index (χ1n) is 9.50. The van der Waals surface area contributed by atoms with Crippen LogP contribution in [0.3, 0.4) is 0 Å². The van der Waals surface area contributed by atoms with Crippen LogP contribution in [0, 0.1) is 10.1 Å². The fraction of sp³-hybridized carbons (Fsp3) is 0.0417. The summed E-state index contributed by atoms with van der Waals surface area (Å²) in [4.78, 5) is 23.1. The van der Waals surface area contributed by atoms with E-state index in [0.717, 1.165) is 16.3 Å². The molecule has 0 atom stereocenters. The van der Waals surface area contributed by atoms with Crippen molar-refractivity contribution in [3.8, 4) is 0 Å². The summed E-state index contributed by atoms with van der Waals surface area (Å²) in [6.07, 6.45) is 0. The molecule has 0 heterocycles. The first-order valence-corrected chi connectivity index (χ1v) is 9.50. The zero-order chi connectivity index (χ0) is 20.8. The van der Waals surface area contributed by atoms with Crippen LogP contribution in [0.25, 0.3) is 32.3 Å². The van der Waals surface area contributed by atoms with Gasteiger partial charge >= 0.3 is 0 Å². The molecule has 0 fully saturated rings. The minimum Gasteiger partial charge on any atom is -0.393 e. The molecule has 0 aromatic heterocycles. The van der Waals surface area contributed by atoms with Gasteiger partial charge in [0.1, 0.15) is 5.69 Å². The molecule has 3 N–H and O–H groups in total. The summed E-state index contributed by atoms with van der Waals surface area (Å²) in [6, 6.07) is 22.8. The number of hydrogen-bond donors (Lipinski definition) is 2. The van der Waals surface area contributed by atoms with Gasteiger partial charge in [0, 0.05) is 18.2 Å². The van der Waals surface area contributed by atoms with Crippen molar-refractivity contribution in [2.75, 3.05) is 5.73 Å². The van der Waals surface area contributed by atoms with Gasteiger partial charge in [0.05, 0.1) is 4.92 Å².